The predicted molar refractivity (Wildman–Crippen MR) is 77.1 cm³/mol. The molecular weight excluding hydrogens is 260 g/mol. The number of hydrogen-bond acceptors (Lipinski definition) is 4. The minimum atomic E-state index is -0.833. The summed E-state index contributed by atoms with van der Waals surface area (Å²) in [6.45, 7) is 4.02. The van der Waals surface area contributed by atoms with Gasteiger partial charge in [0.05, 0.1) is 6.42 Å². The molecule has 0 aliphatic rings. The number of anilines is 2. The van der Waals surface area contributed by atoms with Crippen LogP contribution in [0.4, 0.5) is 16.2 Å². The fraction of sp³-hybridized carbons (Fsp3) is 0.286. The summed E-state index contributed by atoms with van der Waals surface area (Å²) in [6, 6.07) is 7.04. The first kappa shape index (κ1) is 15.6. The van der Waals surface area contributed by atoms with Crippen molar-refractivity contribution in [1.82, 2.24) is 0 Å². The van der Waals surface area contributed by atoms with Gasteiger partial charge in [-0.3, -0.25) is 10.1 Å². The van der Waals surface area contributed by atoms with Crippen molar-refractivity contribution in [2.75, 3.05) is 30.4 Å². The SMILES string of the molecule is C=CCOC(=O)Nc1ccc(N(C)CCC(=O)O)cc1. The average Bonchev–Trinajstić information content (AvgIpc) is 2.43. The Balaban J connectivity index is 2.53. The van der Waals surface area contributed by atoms with Crippen LogP contribution in [0.2, 0.25) is 0 Å². The molecule has 0 heterocycles. The van der Waals surface area contributed by atoms with Crippen molar-refractivity contribution in [3.05, 3.63) is 36.9 Å². The number of amides is 1. The van der Waals surface area contributed by atoms with Crippen LogP contribution < -0.4 is 10.2 Å². The number of carbonyl (C=O) groups excluding carboxylic acids is 1. The van der Waals surface area contributed by atoms with E-state index < -0.39 is 12.1 Å². The number of carbonyl (C=O) groups is 2. The highest BCUT2D eigenvalue weighted by atomic mass is 16.5. The minimum Gasteiger partial charge on any atom is -0.481 e. The second kappa shape index (κ2) is 7.83. The smallest absolute Gasteiger partial charge is 0.411 e. The summed E-state index contributed by atoms with van der Waals surface area (Å²) in [6.07, 6.45) is 1.02. The van der Waals surface area contributed by atoms with Gasteiger partial charge in [-0.05, 0) is 24.3 Å². The summed E-state index contributed by atoms with van der Waals surface area (Å²) in [5, 5.41) is 11.2. The van der Waals surface area contributed by atoms with E-state index in [1.807, 2.05) is 11.9 Å². The van der Waals surface area contributed by atoms with Crippen molar-refractivity contribution in [2.45, 2.75) is 6.42 Å². The summed E-state index contributed by atoms with van der Waals surface area (Å²) in [5.74, 6) is -0.833. The summed E-state index contributed by atoms with van der Waals surface area (Å²) in [4.78, 5) is 23.6. The van der Waals surface area contributed by atoms with Gasteiger partial charge in [0.1, 0.15) is 6.61 Å². The molecule has 0 saturated heterocycles. The highest BCUT2D eigenvalue weighted by Gasteiger charge is 2.05. The molecule has 1 aromatic rings. The first-order chi connectivity index (χ1) is 9.52. The summed E-state index contributed by atoms with van der Waals surface area (Å²) < 4.78 is 4.79. The molecule has 0 unspecified atom stereocenters. The Labute approximate surface area is 117 Å². The molecule has 6 heteroatoms. The number of benzene rings is 1. The maximum atomic E-state index is 11.3. The lowest BCUT2D eigenvalue weighted by molar-refractivity contribution is -0.136. The van der Waals surface area contributed by atoms with Gasteiger partial charge in [-0.1, -0.05) is 12.7 Å². The van der Waals surface area contributed by atoms with Gasteiger partial charge >= 0.3 is 12.1 Å². The molecule has 1 amide bonds. The molecule has 0 atom stereocenters. The van der Waals surface area contributed by atoms with Crippen molar-refractivity contribution in [1.29, 1.82) is 0 Å². The number of ether oxygens (including phenoxy) is 1. The molecule has 0 bridgehead atoms. The van der Waals surface area contributed by atoms with Crippen LogP contribution in [-0.2, 0) is 9.53 Å². The van der Waals surface area contributed by atoms with Crippen LogP contribution in [0.3, 0.4) is 0 Å². The standard InChI is InChI=1S/C14H18N2O4/c1-3-10-20-14(19)15-11-4-6-12(7-5-11)16(2)9-8-13(17)18/h3-7H,1,8-10H2,2H3,(H,15,19)(H,17,18). The quantitative estimate of drug-likeness (QED) is 0.748. The van der Waals surface area contributed by atoms with Gasteiger partial charge in [-0.2, -0.15) is 0 Å². The van der Waals surface area contributed by atoms with E-state index in [-0.39, 0.29) is 13.0 Å². The molecule has 0 radical (unpaired) electrons. The summed E-state index contributed by atoms with van der Waals surface area (Å²) in [7, 11) is 1.81. The van der Waals surface area contributed by atoms with Gasteiger partial charge in [0.15, 0.2) is 0 Å². The Kier molecular flexibility index (Phi) is 6.09. The van der Waals surface area contributed by atoms with Gasteiger partial charge in [0.2, 0.25) is 0 Å². The molecule has 6 nitrogen and oxygen atoms in total. The molecule has 108 valence electrons. The number of carboxylic acids is 1. The topological polar surface area (TPSA) is 78.9 Å². The largest absolute Gasteiger partial charge is 0.481 e. The van der Waals surface area contributed by atoms with Gasteiger partial charge in [0, 0.05) is 25.0 Å². The average molecular weight is 278 g/mol. The van der Waals surface area contributed by atoms with Crippen LogP contribution in [-0.4, -0.2) is 37.4 Å². The zero-order valence-corrected chi connectivity index (χ0v) is 11.3. The molecule has 1 rings (SSSR count). The molecule has 1 aromatic carbocycles. The Bertz CT molecular complexity index is 471. The molecule has 0 spiro atoms. The van der Waals surface area contributed by atoms with Crippen molar-refractivity contribution in [3.8, 4) is 0 Å². The van der Waals surface area contributed by atoms with Crippen molar-refractivity contribution < 1.29 is 19.4 Å². The van der Waals surface area contributed by atoms with Crippen LogP contribution in [0.25, 0.3) is 0 Å². The Morgan fingerprint density at radius 2 is 2.05 bits per heavy atom. The Morgan fingerprint density at radius 3 is 2.60 bits per heavy atom. The molecular formula is C14H18N2O4. The van der Waals surface area contributed by atoms with Gasteiger partial charge < -0.3 is 14.7 Å². The molecule has 0 aliphatic heterocycles. The fourth-order valence-corrected chi connectivity index (χ4v) is 1.48. The van der Waals surface area contributed by atoms with E-state index in [1.54, 1.807) is 24.3 Å². The zero-order chi connectivity index (χ0) is 15.0. The third-order valence-corrected chi connectivity index (χ3v) is 2.55. The highest BCUT2D eigenvalue weighted by Crippen LogP contribution is 2.17. The molecule has 0 aromatic heterocycles. The number of nitrogens with one attached hydrogen (secondary N) is 1. The lowest BCUT2D eigenvalue weighted by Crippen LogP contribution is -2.21. The number of carboxylic acid groups (broad SMARTS) is 1. The van der Waals surface area contributed by atoms with Crippen molar-refractivity contribution in [2.24, 2.45) is 0 Å². The highest BCUT2D eigenvalue weighted by molar-refractivity contribution is 5.84. The van der Waals surface area contributed by atoms with Gasteiger partial charge in [0.25, 0.3) is 0 Å². The monoisotopic (exact) mass is 278 g/mol. The number of aliphatic carboxylic acids is 1. The fourth-order valence-electron chi connectivity index (χ4n) is 1.48. The maximum absolute atomic E-state index is 11.3. The van der Waals surface area contributed by atoms with E-state index >= 15 is 0 Å². The van der Waals surface area contributed by atoms with E-state index in [0.717, 1.165) is 5.69 Å². The normalized spacial score (nSPS) is 9.65. The Morgan fingerprint density at radius 1 is 1.40 bits per heavy atom. The second-order valence-electron chi connectivity index (χ2n) is 4.12. The van der Waals surface area contributed by atoms with Crippen LogP contribution in [0, 0.1) is 0 Å². The zero-order valence-electron chi connectivity index (χ0n) is 11.3. The van der Waals surface area contributed by atoms with E-state index in [4.69, 9.17) is 9.84 Å². The maximum Gasteiger partial charge on any atom is 0.411 e. The third-order valence-electron chi connectivity index (χ3n) is 2.55. The first-order valence-electron chi connectivity index (χ1n) is 6.10. The number of rotatable bonds is 7. The van der Waals surface area contributed by atoms with Crippen LogP contribution in [0.5, 0.6) is 0 Å². The number of hydrogen-bond donors (Lipinski definition) is 2. The van der Waals surface area contributed by atoms with Gasteiger partial charge in [-0.15, -0.1) is 0 Å². The van der Waals surface area contributed by atoms with Crippen LogP contribution in [0.15, 0.2) is 36.9 Å². The lowest BCUT2D eigenvalue weighted by atomic mass is 10.2. The molecule has 0 aliphatic carbocycles. The Hall–Kier alpha value is -2.50. The number of nitrogens with zero attached hydrogens (tertiary/aromatic N) is 1. The van der Waals surface area contributed by atoms with Gasteiger partial charge in [-0.25, -0.2) is 4.79 Å². The second-order valence-corrected chi connectivity index (χ2v) is 4.12. The van der Waals surface area contributed by atoms with Crippen LogP contribution in [0.1, 0.15) is 6.42 Å². The van der Waals surface area contributed by atoms with E-state index in [0.29, 0.717) is 12.2 Å². The lowest BCUT2D eigenvalue weighted by Gasteiger charge is -2.18. The third kappa shape index (κ3) is 5.43. The minimum absolute atomic E-state index is 0.0738. The van der Waals surface area contributed by atoms with Crippen LogP contribution >= 0.6 is 0 Å². The van der Waals surface area contributed by atoms with E-state index in [2.05, 4.69) is 11.9 Å². The molecule has 2 N–H and O–H groups in total. The molecule has 0 saturated carbocycles. The first-order valence-corrected chi connectivity index (χ1v) is 6.10. The van der Waals surface area contributed by atoms with E-state index in [1.165, 1.54) is 6.08 Å². The van der Waals surface area contributed by atoms with Crippen molar-refractivity contribution in [3.63, 3.8) is 0 Å². The predicted octanol–water partition coefficient (Wildman–Crippen LogP) is 2.33. The summed E-state index contributed by atoms with van der Waals surface area (Å²) in [5.41, 5.74) is 1.48. The molecule has 20 heavy (non-hydrogen) atoms. The summed E-state index contributed by atoms with van der Waals surface area (Å²) >= 11 is 0. The molecule has 0 fully saturated rings. The van der Waals surface area contributed by atoms with Crippen molar-refractivity contribution >= 4 is 23.4 Å². The van der Waals surface area contributed by atoms with E-state index in [9.17, 15) is 9.59 Å².